The minimum Gasteiger partial charge on any atom is -0.464 e. The van der Waals surface area contributed by atoms with Crippen LogP contribution in [0.5, 0.6) is 0 Å². The van der Waals surface area contributed by atoms with E-state index in [1.54, 1.807) is 6.07 Å². The van der Waals surface area contributed by atoms with Crippen LogP contribution >= 0.6 is 15.9 Å². The molecule has 0 radical (unpaired) electrons. The molecule has 3 aromatic rings. The first-order valence-electron chi connectivity index (χ1n) is 6.20. The Hall–Kier alpha value is -2.79. The molecule has 0 saturated carbocycles. The first kappa shape index (κ1) is 14.2. The smallest absolute Gasteiger partial charge is 0.357 e. The highest BCUT2D eigenvalue weighted by atomic mass is 79.9. The van der Waals surface area contributed by atoms with E-state index in [1.165, 1.54) is 17.9 Å². The molecule has 0 aliphatic rings. The highest BCUT2D eigenvalue weighted by molar-refractivity contribution is 9.10. The molecule has 22 heavy (non-hydrogen) atoms. The molecule has 0 bridgehead atoms. The summed E-state index contributed by atoms with van der Waals surface area (Å²) in [6.45, 7) is 0. The molecule has 0 aliphatic heterocycles. The van der Waals surface area contributed by atoms with Crippen LogP contribution in [0.2, 0.25) is 0 Å². The van der Waals surface area contributed by atoms with Gasteiger partial charge in [-0.3, -0.25) is 5.10 Å². The number of carbonyl (C=O) groups is 1. The largest absolute Gasteiger partial charge is 0.464 e. The third kappa shape index (κ3) is 1.95. The van der Waals surface area contributed by atoms with E-state index in [0.717, 1.165) is 9.99 Å². The van der Waals surface area contributed by atoms with Crippen molar-refractivity contribution in [1.29, 1.82) is 5.26 Å². The summed E-state index contributed by atoms with van der Waals surface area (Å²) in [5, 5.41) is 17.0. The van der Waals surface area contributed by atoms with Crippen molar-refractivity contribution >= 4 is 38.5 Å². The van der Waals surface area contributed by atoms with Gasteiger partial charge in [-0.1, -0.05) is 6.07 Å². The van der Waals surface area contributed by atoms with Gasteiger partial charge in [0.05, 0.1) is 24.0 Å². The number of nitrogens with one attached hydrogen (secondary N) is 1. The standard InChI is InChI=1S/C14H10BrN5O2/c1-22-14(21)12-10(17)7(5-16)6-20(12)9-4-2-3-8-11(9)18-19-13(8)15/h2-4,6H,17H2,1H3,(H,18,19). The number of methoxy groups -OCH3 is 1. The molecule has 3 N–H and O–H groups in total. The Morgan fingerprint density at radius 3 is 3.00 bits per heavy atom. The van der Waals surface area contributed by atoms with Crippen LogP contribution in [-0.4, -0.2) is 27.8 Å². The Morgan fingerprint density at radius 1 is 1.55 bits per heavy atom. The van der Waals surface area contributed by atoms with Gasteiger partial charge in [-0.05, 0) is 28.1 Å². The minimum absolute atomic E-state index is 0.0842. The second kappa shape index (κ2) is 5.20. The van der Waals surface area contributed by atoms with Crippen LogP contribution in [0.3, 0.4) is 0 Å². The predicted molar refractivity (Wildman–Crippen MR) is 83.6 cm³/mol. The number of hydrogen-bond donors (Lipinski definition) is 2. The molecule has 0 saturated heterocycles. The number of nitrogens with two attached hydrogens (primary N) is 1. The highest BCUT2D eigenvalue weighted by Gasteiger charge is 2.23. The first-order valence-corrected chi connectivity index (χ1v) is 7.00. The summed E-state index contributed by atoms with van der Waals surface area (Å²) in [6, 6.07) is 7.45. The number of nitrogen functional groups attached to an aromatic ring is 1. The molecule has 2 heterocycles. The molecule has 8 heteroatoms. The number of esters is 1. The lowest BCUT2D eigenvalue weighted by Crippen LogP contribution is -2.11. The predicted octanol–water partition coefficient (Wildman–Crippen LogP) is 2.36. The van der Waals surface area contributed by atoms with E-state index in [4.69, 9.17) is 15.7 Å². The zero-order valence-corrected chi connectivity index (χ0v) is 13.0. The molecule has 110 valence electrons. The number of hydrogen-bond acceptors (Lipinski definition) is 5. The third-order valence-electron chi connectivity index (χ3n) is 3.32. The number of aromatic amines is 1. The van der Waals surface area contributed by atoms with Crippen LogP contribution in [0.1, 0.15) is 16.1 Å². The summed E-state index contributed by atoms with van der Waals surface area (Å²) in [4.78, 5) is 12.0. The SMILES string of the molecule is COC(=O)c1c(N)c(C#N)cn1-c1cccc2c(Br)[nH]nc12. The van der Waals surface area contributed by atoms with Crippen molar-refractivity contribution in [3.63, 3.8) is 0 Å². The van der Waals surface area contributed by atoms with Crippen LogP contribution in [0.25, 0.3) is 16.6 Å². The molecular formula is C14H10BrN5O2. The first-order chi connectivity index (χ1) is 10.6. The Bertz CT molecular complexity index is 935. The Labute approximate surface area is 133 Å². The fourth-order valence-corrected chi connectivity index (χ4v) is 2.70. The number of nitriles is 1. The lowest BCUT2D eigenvalue weighted by Gasteiger charge is -2.08. The van der Waals surface area contributed by atoms with Crippen molar-refractivity contribution in [2.24, 2.45) is 0 Å². The summed E-state index contributed by atoms with van der Waals surface area (Å²) in [7, 11) is 1.26. The summed E-state index contributed by atoms with van der Waals surface area (Å²) in [5.74, 6) is -0.620. The van der Waals surface area contributed by atoms with Gasteiger partial charge in [0.2, 0.25) is 0 Å². The maximum Gasteiger partial charge on any atom is 0.357 e. The van der Waals surface area contributed by atoms with E-state index in [-0.39, 0.29) is 16.9 Å². The number of rotatable bonds is 2. The third-order valence-corrected chi connectivity index (χ3v) is 3.92. The van der Waals surface area contributed by atoms with Gasteiger partial charge in [0.15, 0.2) is 5.69 Å². The van der Waals surface area contributed by atoms with Gasteiger partial charge in [-0.15, -0.1) is 0 Å². The van der Waals surface area contributed by atoms with Crippen molar-refractivity contribution in [1.82, 2.24) is 14.8 Å². The van der Waals surface area contributed by atoms with Crippen molar-refractivity contribution < 1.29 is 9.53 Å². The zero-order valence-electron chi connectivity index (χ0n) is 11.4. The van der Waals surface area contributed by atoms with E-state index in [2.05, 4.69) is 26.1 Å². The number of H-pyrrole nitrogens is 1. The number of halogens is 1. The number of para-hydroxylation sites is 1. The number of carbonyl (C=O) groups excluding carboxylic acids is 1. The number of aromatic nitrogens is 3. The van der Waals surface area contributed by atoms with Crippen molar-refractivity contribution in [3.8, 4) is 11.8 Å². The lowest BCUT2D eigenvalue weighted by atomic mass is 10.2. The molecule has 0 unspecified atom stereocenters. The molecule has 0 fully saturated rings. The van der Waals surface area contributed by atoms with Crippen molar-refractivity contribution in [3.05, 3.63) is 40.3 Å². The fraction of sp³-hybridized carbons (Fsp3) is 0.0714. The highest BCUT2D eigenvalue weighted by Crippen LogP contribution is 2.30. The zero-order chi connectivity index (χ0) is 15.9. The Balaban J connectivity index is 2.36. The van der Waals surface area contributed by atoms with Gasteiger partial charge in [0.25, 0.3) is 0 Å². The van der Waals surface area contributed by atoms with Crippen LogP contribution in [0.4, 0.5) is 5.69 Å². The molecule has 2 aromatic heterocycles. The van der Waals surface area contributed by atoms with Crippen LogP contribution in [-0.2, 0) is 4.74 Å². The monoisotopic (exact) mass is 359 g/mol. The molecule has 7 nitrogen and oxygen atoms in total. The van der Waals surface area contributed by atoms with Gasteiger partial charge in [-0.25, -0.2) is 4.79 Å². The summed E-state index contributed by atoms with van der Waals surface area (Å²) in [5.41, 5.74) is 7.54. The van der Waals surface area contributed by atoms with Crippen molar-refractivity contribution in [2.75, 3.05) is 12.8 Å². The van der Waals surface area contributed by atoms with Gasteiger partial charge < -0.3 is 15.0 Å². The van der Waals surface area contributed by atoms with Gasteiger partial charge in [-0.2, -0.15) is 10.4 Å². The lowest BCUT2D eigenvalue weighted by molar-refractivity contribution is 0.0593. The average molecular weight is 360 g/mol. The number of ether oxygens (including phenoxy) is 1. The van der Waals surface area contributed by atoms with Crippen LogP contribution < -0.4 is 5.73 Å². The maximum atomic E-state index is 12.0. The number of fused-ring (bicyclic) bond motifs is 1. The maximum absolute atomic E-state index is 12.0. The van der Waals surface area contributed by atoms with E-state index >= 15 is 0 Å². The molecule has 1 aromatic carbocycles. The molecule has 0 spiro atoms. The molecular weight excluding hydrogens is 350 g/mol. The van der Waals surface area contributed by atoms with E-state index in [1.807, 2.05) is 18.2 Å². The minimum atomic E-state index is -0.620. The number of anilines is 1. The molecule has 0 aliphatic carbocycles. The van der Waals surface area contributed by atoms with Crippen LogP contribution in [0.15, 0.2) is 29.0 Å². The topological polar surface area (TPSA) is 110 Å². The van der Waals surface area contributed by atoms with E-state index in [9.17, 15) is 4.79 Å². The number of benzene rings is 1. The second-order valence-electron chi connectivity index (χ2n) is 4.49. The normalized spacial score (nSPS) is 10.6. The Kier molecular flexibility index (Phi) is 3.35. The fourth-order valence-electron chi connectivity index (χ4n) is 2.29. The number of nitrogens with zero attached hydrogens (tertiary/aromatic N) is 3. The average Bonchev–Trinajstić information content (AvgIpc) is 3.07. The van der Waals surface area contributed by atoms with E-state index < -0.39 is 5.97 Å². The van der Waals surface area contributed by atoms with E-state index in [0.29, 0.717) is 11.2 Å². The Morgan fingerprint density at radius 2 is 2.32 bits per heavy atom. The second-order valence-corrected chi connectivity index (χ2v) is 5.28. The van der Waals surface area contributed by atoms with Gasteiger partial charge in [0, 0.05) is 11.6 Å². The molecule has 0 amide bonds. The van der Waals surface area contributed by atoms with Crippen LogP contribution in [0, 0.1) is 11.3 Å². The molecule has 3 rings (SSSR count). The summed E-state index contributed by atoms with van der Waals surface area (Å²) < 4.78 is 7.02. The van der Waals surface area contributed by atoms with Gasteiger partial charge in [0.1, 0.15) is 16.2 Å². The summed E-state index contributed by atoms with van der Waals surface area (Å²) >= 11 is 3.37. The quantitative estimate of drug-likeness (QED) is 0.682. The summed E-state index contributed by atoms with van der Waals surface area (Å²) in [6.07, 6.45) is 1.50. The van der Waals surface area contributed by atoms with Gasteiger partial charge >= 0.3 is 5.97 Å². The molecule has 0 atom stereocenters. The van der Waals surface area contributed by atoms with Crippen molar-refractivity contribution in [2.45, 2.75) is 0 Å².